The molecule has 1 aliphatic carbocycles. The van der Waals surface area contributed by atoms with E-state index in [4.69, 9.17) is 9.15 Å². The van der Waals surface area contributed by atoms with Gasteiger partial charge in [-0.2, -0.15) is 0 Å². The number of benzene rings is 1. The molecule has 5 nitrogen and oxygen atoms in total. The first-order valence-corrected chi connectivity index (χ1v) is 7.84. The second kappa shape index (κ2) is 6.36. The lowest BCUT2D eigenvalue weighted by Crippen LogP contribution is -2.38. The van der Waals surface area contributed by atoms with Crippen molar-refractivity contribution in [1.29, 1.82) is 0 Å². The van der Waals surface area contributed by atoms with Gasteiger partial charge in [0, 0.05) is 12.0 Å². The van der Waals surface area contributed by atoms with E-state index in [2.05, 4.69) is 16.7 Å². The van der Waals surface area contributed by atoms with Gasteiger partial charge in [-0.05, 0) is 44.0 Å². The molecule has 1 heterocycles. The maximum Gasteiger partial charge on any atom is 0.315 e. The van der Waals surface area contributed by atoms with E-state index in [1.165, 1.54) is 0 Å². The molecular weight excluding hydrogens is 292 g/mol. The number of ether oxygens (including phenoxy) is 1. The number of hydrogen-bond acceptors (Lipinski definition) is 3. The van der Waals surface area contributed by atoms with Crippen molar-refractivity contribution in [2.45, 2.75) is 38.3 Å². The topological polar surface area (TPSA) is 63.5 Å². The fraction of sp³-hybridized carbons (Fsp3) is 0.389. The molecule has 122 valence electrons. The summed E-state index contributed by atoms with van der Waals surface area (Å²) in [7, 11) is 1.67. The van der Waals surface area contributed by atoms with Crippen molar-refractivity contribution >= 4 is 6.03 Å². The van der Waals surface area contributed by atoms with Crippen LogP contribution in [-0.2, 0) is 0 Å². The summed E-state index contributed by atoms with van der Waals surface area (Å²) in [4.78, 5) is 12.1. The van der Waals surface area contributed by atoms with Crippen LogP contribution >= 0.6 is 0 Å². The number of para-hydroxylation sites is 1. The van der Waals surface area contributed by atoms with Crippen LogP contribution in [0.1, 0.15) is 42.4 Å². The molecule has 0 bridgehead atoms. The van der Waals surface area contributed by atoms with Crippen LogP contribution in [0.3, 0.4) is 0 Å². The monoisotopic (exact) mass is 314 g/mol. The number of hydrogen-bond donors (Lipinski definition) is 2. The Morgan fingerprint density at radius 1 is 1.30 bits per heavy atom. The Balaban J connectivity index is 1.54. The van der Waals surface area contributed by atoms with E-state index in [1.54, 1.807) is 7.11 Å². The SMILES string of the molecule is COc1ccccc1[C@@H]1C[C@H]1NC(=O)N[C@@H](C)c1ccc(C)o1. The zero-order valence-corrected chi connectivity index (χ0v) is 13.6. The van der Waals surface area contributed by atoms with Crippen LogP contribution in [0.15, 0.2) is 40.8 Å². The van der Waals surface area contributed by atoms with Crippen molar-refractivity contribution in [3.05, 3.63) is 53.5 Å². The fourth-order valence-electron chi connectivity index (χ4n) is 2.83. The van der Waals surface area contributed by atoms with E-state index >= 15 is 0 Å². The van der Waals surface area contributed by atoms with E-state index in [0.717, 1.165) is 29.3 Å². The van der Waals surface area contributed by atoms with E-state index in [9.17, 15) is 4.79 Å². The third-order valence-corrected chi connectivity index (χ3v) is 4.18. The molecule has 2 amide bonds. The highest BCUT2D eigenvalue weighted by atomic mass is 16.5. The van der Waals surface area contributed by atoms with Gasteiger partial charge in [-0.3, -0.25) is 0 Å². The molecule has 1 aliphatic rings. The largest absolute Gasteiger partial charge is 0.496 e. The van der Waals surface area contributed by atoms with Gasteiger partial charge in [0.1, 0.15) is 17.3 Å². The number of aryl methyl sites for hydroxylation is 1. The van der Waals surface area contributed by atoms with Gasteiger partial charge in [0.05, 0.1) is 13.2 Å². The smallest absolute Gasteiger partial charge is 0.315 e. The Hall–Kier alpha value is -2.43. The van der Waals surface area contributed by atoms with E-state index < -0.39 is 0 Å². The van der Waals surface area contributed by atoms with Crippen molar-refractivity contribution in [2.75, 3.05) is 7.11 Å². The van der Waals surface area contributed by atoms with Crippen molar-refractivity contribution in [3.8, 4) is 5.75 Å². The van der Waals surface area contributed by atoms with Crippen molar-refractivity contribution in [2.24, 2.45) is 0 Å². The van der Waals surface area contributed by atoms with Gasteiger partial charge >= 0.3 is 6.03 Å². The second-order valence-electron chi connectivity index (χ2n) is 5.98. The molecular formula is C18H22N2O3. The summed E-state index contributed by atoms with van der Waals surface area (Å²) in [5, 5.41) is 5.92. The zero-order chi connectivity index (χ0) is 16.4. The van der Waals surface area contributed by atoms with Gasteiger partial charge in [-0.15, -0.1) is 0 Å². The Bertz CT molecular complexity index is 695. The quantitative estimate of drug-likeness (QED) is 0.887. The molecule has 2 aromatic rings. The van der Waals surface area contributed by atoms with Crippen LogP contribution in [-0.4, -0.2) is 19.2 Å². The summed E-state index contributed by atoms with van der Waals surface area (Å²) in [6.45, 7) is 3.79. The number of carbonyl (C=O) groups excluding carboxylic acids is 1. The molecule has 0 spiro atoms. The highest BCUT2D eigenvalue weighted by molar-refractivity contribution is 5.75. The lowest BCUT2D eigenvalue weighted by atomic mass is 10.1. The second-order valence-corrected chi connectivity index (χ2v) is 5.98. The summed E-state index contributed by atoms with van der Waals surface area (Å²) in [6, 6.07) is 11.5. The molecule has 23 heavy (non-hydrogen) atoms. The van der Waals surface area contributed by atoms with Gasteiger partial charge in [0.15, 0.2) is 0 Å². The molecule has 2 N–H and O–H groups in total. The lowest BCUT2D eigenvalue weighted by molar-refractivity contribution is 0.235. The molecule has 0 aliphatic heterocycles. The maximum absolute atomic E-state index is 12.1. The molecule has 3 atom stereocenters. The number of nitrogens with one attached hydrogen (secondary N) is 2. The predicted molar refractivity (Wildman–Crippen MR) is 87.7 cm³/mol. The van der Waals surface area contributed by atoms with Crippen LogP contribution in [0.25, 0.3) is 0 Å². The zero-order valence-electron chi connectivity index (χ0n) is 13.6. The first kappa shape index (κ1) is 15.5. The Kier molecular flexibility index (Phi) is 4.28. The highest BCUT2D eigenvalue weighted by Gasteiger charge is 2.41. The summed E-state index contributed by atoms with van der Waals surface area (Å²) in [5.41, 5.74) is 1.15. The molecule has 1 saturated carbocycles. The van der Waals surface area contributed by atoms with Crippen molar-refractivity contribution in [1.82, 2.24) is 10.6 Å². The number of amides is 2. The van der Waals surface area contributed by atoms with Gasteiger partial charge < -0.3 is 19.8 Å². The molecule has 0 radical (unpaired) electrons. The van der Waals surface area contributed by atoms with Gasteiger partial charge in [0.25, 0.3) is 0 Å². The van der Waals surface area contributed by atoms with Crippen LogP contribution in [0.5, 0.6) is 5.75 Å². The molecule has 0 saturated heterocycles. The summed E-state index contributed by atoms with van der Waals surface area (Å²) in [6.07, 6.45) is 0.933. The highest BCUT2D eigenvalue weighted by Crippen LogP contribution is 2.44. The molecule has 0 unspecified atom stereocenters. The maximum atomic E-state index is 12.1. The average molecular weight is 314 g/mol. The number of rotatable bonds is 5. The lowest BCUT2D eigenvalue weighted by Gasteiger charge is -2.13. The number of urea groups is 1. The number of methoxy groups -OCH3 is 1. The van der Waals surface area contributed by atoms with Crippen LogP contribution in [0.4, 0.5) is 4.79 Å². The van der Waals surface area contributed by atoms with Gasteiger partial charge in [0.2, 0.25) is 0 Å². The van der Waals surface area contributed by atoms with Crippen LogP contribution in [0.2, 0.25) is 0 Å². The van der Waals surface area contributed by atoms with Crippen LogP contribution < -0.4 is 15.4 Å². The molecule has 5 heteroatoms. The summed E-state index contributed by atoms with van der Waals surface area (Å²) in [5.74, 6) is 2.79. The standard InChI is InChI=1S/C18H22N2O3/c1-11-8-9-16(23-11)12(2)19-18(21)20-15-10-14(15)13-6-4-5-7-17(13)22-3/h4-9,12,14-15H,10H2,1-3H3,(H2,19,20,21)/t12-,14-,15+/m0/s1. The third kappa shape index (κ3) is 3.50. The minimum atomic E-state index is -0.172. The van der Waals surface area contributed by atoms with Crippen molar-refractivity contribution < 1.29 is 13.9 Å². The predicted octanol–water partition coefficient (Wildman–Crippen LogP) is 3.51. The number of furan rings is 1. The molecule has 3 rings (SSSR count). The van der Waals surface area contributed by atoms with E-state index in [-0.39, 0.29) is 18.1 Å². The van der Waals surface area contributed by atoms with Gasteiger partial charge in [-0.1, -0.05) is 18.2 Å². The van der Waals surface area contributed by atoms with Crippen molar-refractivity contribution in [3.63, 3.8) is 0 Å². The molecule has 1 aromatic heterocycles. The van der Waals surface area contributed by atoms with E-state index in [1.807, 2.05) is 44.2 Å². The summed E-state index contributed by atoms with van der Waals surface area (Å²) >= 11 is 0. The average Bonchev–Trinajstić information content (AvgIpc) is 3.15. The number of carbonyl (C=O) groups is 1. The minimum Gasteiger partial charge on any atom is -0.496 e. The Morgan fingerprint density at radius 2 is 2.09 bits per heavy atom. The fourth-order valence-corrected chi connectivity index (χ4v) is 2.83. The first-order valence-electron chi connectivity index (χ1n) is 7.84. The molecule has 1 aromatic carbocycles. The van der Waals surface area contributed by atoms with Crippen LogP contribution in [0, 0.1) is 6.92 Å². The normalized spacial score (nSPS) is 20.7. The molecule has 1 fully saturated rings. The third-order valence-electron chi connectivity index (χ3n) is 4.18. The minimum absolute atomic E-state index is 0.150. The first-order chi connectivity index (χ1) is 11.1. The van der Waals surface area contributed by atoms with E-state index in [0.29, 0.717) is 5.92 Å². The Labute approximate surface area is 136 Å². The Morgan fingerprint density at radius 3 is 2.78 bits per heavy atom. The van der Waals surface area contributed by atoms with Gasteiger partial charge in [-0.25, -0.2) is 4.79 Å². The summed E-state index contributed by atoms with van der Waals surface area (Å²) < 4.78 is 10.9.